The van der Waals surface area contributed by atoms with Crippen LogP contribution in [-0.2, 0) is 9.84 Å². The van der Waals surface area contributed by atoms with Gasteiger partial charge in [0.05, 0.1) is 10.6 Å². The van der Waals surface area contributed by atoms with E-state index >= 15 is 0 Å². The molecule has 1 aromatic rings. The number of benzene rings is 1. The molecular weight excluding hydrogens is 256 g/mol. The zero-order chi connectivity index (χ0) is 13.7. The van der Waals surface area contributed by atoms with Gasteiger partial charge in [-0.25, -0.2) is 8.42 Å². The van der Waals surface area contributed by atoms with Crippen LogP contribution in [-0.4, -0.2) is 14.2 Å². The van der Waals surface area contributed by atoms with Crippen LogP contribution in [0.15, 0.2) is 46.9 Å². The van der Waals surface area contributed by atoms with Crippen molar-refractivity contribution in [2.24, 2.45) is 17.3 Å². The van der Waals surface area contributed by atoms with Crippen molar-refractivity contribution in [1.82, 2.24) is 0 Å². The van der Waals surface area contributed by atoms with E-state index in [1.807, 2.05) is 6.07 Å². The molecule has 102 valence electrons. The predicted octanol–water partition coefficient (Wildman–Crippen LogP) is 3.45. The summed E-state index contributed by atoms with van der Waals surface area (Å²) in [6.07, 6.45) is 4.39. The number of fused-ring (bicyclic) bond motifs is 1. The summed E-state index contributed by atoms with van der Waals surface area (Å²) in [4.78, 5) is 0.440. The smallest absolute Gasteiger partial charge is 0.182 e. The van der Waals surface area contributed by atoms with Gasteiger partial charge in [0.15, 0.2) is 9.84 Å². The zero-order valence-electron chi connectivity index (χ0n) is 11.5. The molecule has 1 fully saturated rings. The summed E-state index contributed by atoms with van der Waals surface area (Å²) in [5.41, 5.74) is 1.42. The third-order valence-electron chi connectivity index (χ3n) is 5.04. The summed E-state index contributed by atoms with van der Waals surface area (Å²) in [6.45, 7) is 4.54. The molecule has 2 atom stereocenters. The zero-order valence-corrected chi connectivity index (χ0v) is 12.3. The molecule has 4 rings (SSSR count). The molecular formula is C16H20O2S. The quantitative estimate of drug-likeness (QED) is 0.792. The molecule has 3 heteroatoms. The lowest BCUT2D eigenvalue weighted by molar-refractivity contribution is -0.00550. The highest BCUT2D eigenvalue weighted by molar-refractivity contribution is 7.91. The summed E-state index contributed by atoms with van der Waals surface area (Å²) in [5.74, 6) is 1.41. The van der Waals surface area contributed by atoms with Crippen molar-refractivity contribution < 1.29 is 8.42 Å². The molecule has 19 heavy (non-hydrogen) atoms. The Morgan fingerprint density at radius 1 is 1.21 bits per heavy atom. The molecule has 1 aromatic carbocycles. The average Bonchev–Trinajstić information content (AvgIpc) is 2.39. The van der Waals surface area contributed by atoms with Crippen LogP contribution in [0.25, 0.3) is 0 Å². The lowest BCUT2D eigenvalue weighted by Gasteiger charge is -2.56. The highest BCUT2D eigenvalue weighted by Crippen LogP contribution is 2.59. The van der Waals surface area contributed by atoms with E-state index in [1.54, 1.807) is 24.3 Å². The summed E-state index contributed by atoms with van der Waals surface area (Å²) < 4.78 is 24.9. The van der Waals surface area contributed by atoms with Crippen molar-refractivity contribution in [2.45, 2.75) is 31.6 Å². The highest BCUT2D eigenvalue weighted by Gasteiger charge is 2.51. The van der Waals surface area contributed by atoms with Gasteiger partial charge in [0.2, 0.25) is 0 Å². The van der Waals surface area contributed by atoms with Crippen molar-refractivity contribution in [3.8, 4) is 0 Å². The van der Waals surface area contributed by atoms with Crippen LogP contribution in [0.2, 0.25) is 0 Å². The van der Waals surface area contributed by atoms with Gasteiger partial charge in [-0.2, -0.15) is 0 Å². The molecule has 3 aliphatic carbocycles. The van der Waals surface area contributed by atoms with E-state index in [-0.39, 0.29) is 11.2 Å². The van der Waals surface area contributed by atoms with Gasteiger partial charge in [0.1, 0.15) is 0 Å². The second-order valence-corrected chi connectivity index (χ2v) is 8.38. The number of sulfone groups is 1. The second kappa shape index (κ2) is 4.20. The molecule has 0 aromatic heterocycles. The SMILES string of the molecule is CC1(C)[C@@H]2CC=C(CS(=O)(=O)c3ccccc3)[C@H]1C2. The molecule has 0 N–H and O–H groups in total. The third-order valence-corrected chi connectivity index (χ3v) is 6.75. The van der Waals surface area contributed by atoms with E-state index < -0.39 is 9.84 Å². The van der Waals surface area contributed by atoms with Gasteiger partial charge in [-0.05, 0) is 42.2 Å². The van der Waals surface area contributed by atoms with Gasteiger partial charge in [0, 0.05) is 0 Å². The molecule has 0 amide bonds. The fourth-order valence-corrected chi connectivity index (χ4v) is 5.07. The molecule has 0 aliphatic heterocycles. The summed E-state index contributed by atoms with van der Waals surface area (Å²) in [5, 5.41) is 0. The van der Waals surface area contributed by atoms with Crippen molar-refractivity contribution in [3.63, 3.8) is 0 Å². The van der Waals surface area contributed by atoms with Crippen molar-refractivity contribution >= 4 is 9.84 Å². The Morgan fingerprint density at radius 2 is 1.89 bits per heavy atom. The second-order valence-electron chi connectivity index (χ2n) is 6.39. The Bertz CT molecular complexity index is 611. The molecule has 3 aliphatic rings. The van der Waals surface area contributed by atoms with Gasteiger partial charge in [-0.15, -0.1) is 0 Å². The van der Waals surface area contributed by atoms with Crippen molar-refractivity contribution in [2.75, 3.05) is 5.75 Å². The lowest BCUT2D eigenvalue weighted by atomic mass is 9.49. The summed E-state index contributed by atoms with van der Waals surface area (Å²) >= 11 is 0. The van der Waals surface area contributed by atoms with E-state index in [0.717, 1.165) is 17.9 Å². The fraction of sp³-hybridized carbons (Fsp3) is 0.500. The lowest BCUT2D eigenvalue weighted by Crippen LogP contribution is -2.49. The minimum absolute atomic E-state index is 0.192. The maximum atomic E-state index is 12.4. The molecule has 2 nitrogen and oxygen atoms in total. The first-order valence-corrected chi connectivity index (χ1v) is 8.53. The monoisotopic (exact) mass is 276 g/mol. The van der Waals surface area contributed by atoms with Gasteiger partial charge in [0.25, 0.3) is 0 Å². The van der Waals surface area contributed by atoms with Crippen LogP contribution in [0.1, 0.15) is 26.7 Å². The largest absolute Gasteiger partial charge is 0.223 e. The van der Waals surface area contributed by atoms with Crippen molar-refractivity contribution in [3.05, 3.63) is 42.0 Å². The Labute approximate surface area is 115 Å². The topological polar surface area (TPSA) is 34.1 Å². The molecule has 0 radical (unpaired) electrons. The molecule has 0 unspecified atom stereocenters. The van der Waals surface area contributed by atoms with Crippen LogP contribution in [0, 0.1) is 17.3 Å². The first kappa shape index (κ1) is 12.9. The Morgan fingerprint density at radius 3 is 2.47 bits per heavy atom. The summed E-state index contributed by atoms with van der Waals surface area (Å²) in [7, 11) is -3.19. The number of rotatable bonds is 3. The number of hydrogen-bond donors (Lipinski definition) is 0. The van der Waals surface area contributed by atoms with E-state index in [9.17, 15) is 8.42 Å². The molecule has 0 heterocycles. The minimum Gasteiger partial charge on any atom is -0.223 e. The Kier molecular flexibility index (Phi) is 2.86. The van der Waals surface area contributed by atoms with E-state index in [0.29, 0.717) is 10.8 Å². The first-order chi connectivity index (χ1) is 8.91. The fourth-order valence-electron chi connectivity index (χ4n) is 3.57. The van der Waals surface area contributed by atoms with Gasteiger partial charge in [-0.1, -0.05) is 43.7 Å². The predicted molar refractivity (Wildman–Crippen MR) is 76.6 cm³/mol. The molecule has 1 saturated carbocycles. The highest BCUT2D eigenvalue weighted by atomic mass is 32.2. The van der Waals surface area contributed by atoms with Gasteiger partial charge in [-0.3, -0.25) is 0 Å². The van der Waals surface area contributed by atoms with E-state index in [4.69, 9.17) is 0 Å². The minimum atomic E-state index is -3.19. The molecule has 0 saturated heterocycles. The maximum absolute atomic E-state index is 12.4. The average molecular weight is 276 g/mol. The maximum Gasteiger partial charge on any atom is 0.182 e. The molecule has 2 bridgehead atoms. The van der Waals surface area contributed by atoms with Crippen LogP contribution >= 0.6 is 0 Å². The van der Waals surface area contributed by atoms with Crippen LogP contribution in [0.5, 0.6) is 0 Å². The standard InChI is InChI=1S/C16H20O2S/c1-16(2)13-9-8-12(15(16)10-13)11-19(17,18)14-6-4-3-5-7-14/h3-8,13,15H,9-11H2,1-2H3/t13-,15-/m1/s1. The Balaban J connectivity index is 1.85. The van der Waals surface area contributed by atoms with E-state index in [2.05, 4.69) is 19.9 Å². The Hall–Kier alpha value is -1.09. The number of allylic oxidation sites excluding steroid dienone is 1. The van der Waals surface area contributed by atoms with Gasteiger partial charge < -0.3 is 0 Å². The van der Waals surface area contributed by atoms with Crippen molar-refractivity contribution in [1.29, 1.82) is 0 Å². The first-order valence-electron chi connectivity index (χ1n) is 6.88. The van der Waals surface area contributed by atoms with E-state index in [1.165, 1.54) is 6.42 Å². The van der Waals surface area contributed by atoms with Crippen LogP contribution in [0.3, 0.4) is 0 Å². The number of hydrogen-bond acceptors (Lipinski definition) is 2. The van der Waals surface area contributed by atoms with Crippen LogP contribution < -0.4 is 0 Å². The molecule has 0 spiro atoms. The van der Waals surface area contributed by atoms with Crippen LogP contribution in [0.4, 0.5) is 0 Å². The third kappa shape index (κ3) is 2.04. The summed E-state index contributed by atoms with van der Waals surface area (Å²) in [6, 6.07) is 8.79. The van der Waals surface area contributed by atoms with Gasteiger partial charge >= 0.3 is 0 Å². The normalized spacial score (nSPS) is 28.4.